The molecule has 4 N–H and O–H groups in total. The van der Waals surface area contributed by atoms with Crippen LogP contribution in [0.4, 0.5) is 11.4 Å². The lowest BCUT2D eigenvalue weighted by Gasteiger charge is -2.15. The fraction of sp³-hybridized carbons (Fsp3) is 0.286. The smallest absolute Gasteiger partial charge is 0.336 e. The molecule has 20 heavy (non-hydrogen) atoms. The van der Waals surface area contributed by atoms with Crippen LogP contribution in [0.25, 0.3) is 0 Å². The fourth-order valence-electron chi connectivity index (χ4n) is 2.16. The summed E-state index contributed by atoms with van der Waals surface area (Å²) in [7, 11) is 0. The number of anilines is 2. The van der Waals surface area contributed by atoms with Crippen LogP contribution in [0.15, 0.2) is 24.7 Å². The van der Waals surface area contributed by atoms with Crippen LogP contribution in [0.3, 0.4) is 0 Å². The molecule has 0 aliphatic carbocycles. The number of carbonyl (C=O) groups is 1. The summed E-state index contributed by atoms with van der Waals surface area (Å²) in [4.78, 5) is 15.2. The largest absolute Gasteiger partial charge is 0.478 e. The van der Waals surface area contributed by atoms with E-state index in [4.69, 9.17) is 10.8 Å². The topological polar surface area (TPSA) is 93.2 Å². The second-order valence-electron chi connectivity index (χ2n) is 4.53. The minimum atomic E-state index is -0.954. The maximum atomic E-state index is 11.1. The van der Waals surface area contributed by atoms with E-state index in [2.05, 4.69) is 10.3 Å². The maximum Gasteiger partial charge on any atom is 0.336 e. The van der Waals surface area contributed by atoms with Gasteiger partial charge >= 0.3 is 5.97 Å². The van der Waals surface area contributed by atoms with Gasteiger partial charge in [-0.3, -0.25) is 0 Å². The third-order valence-electron chi connectivity index (χ3n) is 3.31. The normalized spacial score (nSPS) is 10.5. The number of hydrogen-bond donors (Lipinski definition) is 3. The molecule has 6 nitrogen and oxygen atoms in total. The van der Waals surface area contributed by atoms with E-state index in [0.717, 1.165) is 12.2 Å². The number of carboxylic acids is 1. The molecule has 0 radical (unpaired) electrons. The van der Waals surface area contributed by atoms with E-state index in [1.54, 1.807) is 25.5 Å². The van der Waals surface area contributed by atoms with Crippen LogP contribution in [0, 0.1) is 6.92 Å². The van der Waals surface area contributed by atoms with Crippen molar-refractivity contribution in [2.75, 3.05) is 11.1 Å². The molecule has 0 aliphatic heterocycles. The molecule has 1 aromatic carbocycles. The van der Waals surface area contributed by atoms with Crippen molar-refractivity contribution in [2.45, 2.75) is 26.9 Å². The Morgan fingerprint density at radius 2 is 2.25 bits per heavy atom. The molecular formula is C14H18N4O2. The van der Waals surface area contributed by atoms with Gasteiger partial charge in [-0.25, -0.2) is 9.78 Å². The van der Waals surface area contributed by atoms with Gasteiger partial charge < -0.3 is 20.7 Å². The van der Waals surface area contributed by atoms with Crippen molar-refractivity contribution in [1.82, 2.24) is 9.55 Å². The van der Waals surface area contributed by atoms with E-state index in [-0.39, 0.29) is 5.56 Å². The maximum absolute atomic E-state index is 11.1. The number of aromatic carboxylic acids is 1. The highest BCUT2D eigenvalue weighted by Crippen LogP contribution is 2.26. The van der Waals surface area contributed by atoms with Gasteiger partial charge in [-0.15, -0.1) is 0 Å². The van der Waals surface area contributed by atoms with Gasteiger partial charge in [0, 0.05) is 12.7 Å². The summed E-state index contributed by atoms with van der Waals surface area (Å²) >= 11 is 0. The van der Waals surface area contributed by atoms with E-state index in [1.165, 1.54) is 6.07 Å². The van der Waals surface area contributed by atoms with E-state index in [9.17, 15) is 4.79 Å². The van der Waals surface area contributed by atoms with Gasteiger partial charge in [0.05, 0.1) is 35.5 Å². The molecule has 2 aromatic rings. The van der Waals surface area contributed by atoms with E-state index < -0.39 is 5.97 Å². The van der Waals surface area contributed by atoms with Crippen molar-refractivity contribution in [3.8, 4) is 0 Å². The molecule has 1 heterocycles. The third-order valence-corrected chi connectivity index (χ3v) is 3.31. The predicted molar refractivity (Wildman–Crippen MR) is 77.8 cm³/mol. The number of nitrogens with zero attached hydrogens (tertiary/aromatic N) is 2. The Morgan fingerprint density at radius 1 is 1.50 bits per heavy atom. The number of nitrogens with one attached hydrogen (secondary N) is 1. The van der Waals surface area contributed by atoms with Crippen LogP contribution in [0.5, 0.6) is 0 Å². The summed E-state index contributed by atoms with van der Waals surface area (Å²) in [5.74, 6) is -0.954. The minimum absolute atomic E-state index is 0.255. The monoisotopic (exact) mass is 274 g/mol. The standard InChI is InChI=1S/C14H18N4O2/c1-3-18-8-16-6-10(18)7-17-13-9(2)11(14(19)20)4-5-12(13)15/h4-6,8,17H,3,7,15H2,1-2H3,(H,19,20). The Bertz CT molecular complexity index is 634. The van der Waals surface area contributed by atoms with Crippen LogP contribution in [0.2, 0.25) is 0 Å². The molecule has 6 heteroatoms. The second kappa shape index (κ2) is 5.64. The Balaban J connectivity index is 2.25. The predicted octanol–water partition coefficient (Wildman–Crippen LogP) is 2.10. The summed E-state index contributed by atoms with van der Waals surface area (Å²) in [6.45, 7) is 5.16. The number of aromatic nitrogens is 2. The lowest BCUT2D eigenvalue weighted by molar-refractivity contribution is 0.0696. The number of aryl methyl sites for hydroxylation is 1. The Hall–Kier alpha value is -2.50. The van der Waals surface area contributed by atoms with Crippen LogP contribution in [-0.2, 0) is 13.1 Å². The molecule has 0 fully saturated rings. The Morgan fingerprint density at radius 3 is 2.90 bits per heavy atom. The average Bonchev–Trinajstić information content (AvgIpc) is 2.85. The van der Waals surface area contributed by atoms with E-state index in [1.807, 2.05) is 11.5 Å². The number of rotatable bonds is 5. The van der Waals surface area contributed by atoms with Crippen molar-refractivity contribution in [3.05, 3.63) is 41.5 Å². The van der Waals surface area contributed by atoms with E-state index >= 15 is 0 Å². The molecule has 2 rings (SSSR count). The molecule has 1 aromatic heterocycles. The summed E-state index contributed by atoms with van der Waals surface area (Å²) in [5, 5.41) is 12.3. The molecule has 0 saturated carbocycles. The van der Waals surface area contributed by atoms with Crippen LogP contribution in [0.1, 0.15) is 28.5 Å². The molecule has 0 atom stereocenters. The quantitative estimate of drug-likeness (QED) is 0.726. The number of carboxylic acid groups (broad SMARTS) is 1. The first kappa shape index (κ1) is 13.9. The molecule has 0 aliphatic rings. The number of imidazole rings is 1. The summed E-state index contributed by atoms with van der Waals surface area (Å²) in [6.07, 6.45) is 3.55. The Labute approximate surface area is 117 Å². The van der Waals surface area contributed by atoms with Crippen LogP contribution >= 0.6 is 0 Å². The number of nitrogens with two attached hydrogens (primary N) is 1. The van der Waals surface area contributed by atoms with Crippen molar-refractivity contribution in [2.24, 2.45) is 0 Å². The molecular weight excluding hydrogens is 256 g/mol. The first-order chi connectivity index (χ1) is 9.54. The molecule has 0 unspecified atom stereocenters. The summed E-state index contributed by atoms with van der Waals surface area (Å²) in [6, 6.07) is 3.13. The van der Waals surface area contributed by atoms with Crippen LogP contribution in [-0.4, -0.2) is 20.6 Å². The van der Waals surface area contributed by atoms with Gasteiger partial charge in [0.1, 0.15) is 0 Å². The zero-order chi connectivity index (χ0) is 14.7. The highest BCUT2D eigenvalue weighted by molar-refractivity contribution is 5.93. The first-order valence-corrected chi connectivity index (χ1v) is 6.39. The van der Waals surface area contributed by atoms with Gasteiger partial charge in [0.25, 0.3) is 0 Å². The van der Waals surface area contributed by atoms with Gasteiger partial charge in [-0.05, 0) is 31.5 Å². The molecule has 0 bridgehead atoms. The van der Waals surface area contributed by atoms with Gasteiger partial charge in [0.2, 0.25) is 0 Å². The fourth-order valence-corrected chi connectivity index (χ4v) is 2.16. The van der Waals surface area contributed by atoms with Crippen LogP contribution < -0.4 is 11.1 Å². The third kappa shape index (κ3) is 2.59. The second-order valence-corrected chi connectivity index (χ2v) is 4.53. The molecule has 0 saturated heterocycles. The van der Waals surface area contributed by atoms with Gasteiger partial charge in [-0.1, -0.05) is 0 Å². The number of benzene rings is 1. The van der Waals surface area contributed by atoms with Crippen molar-refractivity contribution < 1.29 is 9.90 Å². The molecule has 106 valence electrons. The SMILES string of the molecule is CCn1cncc1CNc1c(N)ccc(C(=O)O)c1C. The van der Waals surface area contributed by atoms with Crippen molar-refractivity contribution in [1.29, 1.82) is 0 Å². The van der Waals surface area contributed by atoms with Gasteiger partial charge in [-0.2, -0.15) is 0 Å². The van der Waals surface area contributed by atoms with Crippen molar-refractivity contribution >= 4 is 17.3 Å². The number of nitrogen functional groups attached to an aromatic ring is 1. The molecule has 0 amide bonds. The summed E-state index contributed by atoms with van der Waals surface area (Å²) < 4.78 is 2.01. The average molecular weight is 274 g/mol. The Kier molecular flexibility index (Phi) is 3.93. The molecule has 0 spiro atoms. The number of hydrogen-bond acceptors (Lipinski definition) is 4. The first-order valence-electron chi connectivity index (χ1n) is 6.39. The summed E-state index contributed by atoms with van der Waals surface area (Å²) in [5.41, 5.74) is 9.04. The zero-order valence-electron chi connectivity index (χ0n) is 11.6. The van der Waals surface area contributed by atoms with Crippen molar-refractivity contribution in [3.63, 3.8) is 0 Å². The highest BCUT2D eigenvalue weighted by atomic mass is 16.4. The lowest BCUT2D eigenvalue weighted by Crippen LogP contribution is -2.10. The minimum Gasteiger partial charge on any atom is -0.478 e. The zero-order valence-corrected chi connectivity index (χ0v) is 11.6. The lowest BCUT2D eigenvalue weighted by atomic mass is 10.1. The van der Waals surface area contributed by atoms with Gasteiger partial charge in [0.15, 0.2) is 0 Å². The highest BCUT2D eigenvalue weighted by Gasteiger charge is 2.13. The van der Waals surface area contributed by atoms with E-state index in [0.29, 0.717) is 23.5 Å².